The Labute approximate surface area is 138 Å². The highest BCUT2D eigenvalue weighted by molar-refractivity contribution is 7.15. The second-order valence-electron chi connectivity index (χ2n) is 5.08. The van der Waals surface area contributed by atoms with E-state index in [0.717, 1.165) is 29.8 Å². The van der Waals surface area contributed by atoms with Crippen LogP contribution in [0.3, 0.4) is 0 Å². The van der Waals surface area contributed by atoms with Crippen LogP contribution in [0.1, 0.15) is 23.3 Å². The minimum Gasteiger partial charge on any atom is -0.306 e. The molecule has 1 aliphatic rings. The second-order valence-corrected chi connectivity index (χ2v) is 6.19. The molecule has 2 N–H and O–H groups in total. The summed E-state index contributed by atoms with van der Waals surface area (Å²) < 4.78 is 13.1. The summed E-state index contributed by atoms with van der Waals surface area (Å²) in [4.78, 5) is 17.2. The SMILES string of the molecule is Cl.O=C(Nc1ncc(Cc2cccc(F)c2)s1)C1CCCN1. The van der Waals surface area contributed by atoms with E-state index in [0.29, 0.717) is 11.6 Å². The molecule has 1 aromatic heterocycles. The van der Waals surface area contributed by atoms with Gasteiger partial charge >= 0.3 is 0 Å². The van der Waals surface area contributed by atoms with E-state index < -0.39 is 0 Å². The van der Waals surface area contributed by atoms with Crippen LogP contribution in [0, 0.1) is 5.82 Å². The van der Waals surface area contributed by atoms with Gasteiger partial charge in [0.25, 0.3) is 0 Å². The molecule has 1 amide bonds. The Morgan fingerprint density at radius 3 is 3.09 bits per heavy atom. The smallest absolute Gasteiger partial charge is 0.243 e. The number of hydrogen-bond acceptors (Lipinski definition) is 4. The number of carbonyl (C=O) groups is 1. The summed E-state index contributed by atoms with van der Waals surface area (Å²) in [6.45, 7) is 0.890. The number of carbonyl (C=O) groups excluding carboxylic acids is 1. The molecule has 2 heterocycles. The Morgan fingerprint density at radius 1 is 1.50 bits per heavy atom. The van der Waals surface area contributed by atoms with Crippen LogP contribution in [0.25, 0.3) is 0 Å². The van der Waals surface area contributed by atoms with Crippen LogP contribution in [0.15, 0.2) is 30.5 Å². The third-order valence-corrected chi connectivity index (χ3v) is 4.34. The molecule has 1 aromatic carbocycles. The van der Waals surface area contributed by atoms with Gasteiger partial charge in [0.1, 0.15) is 5.82 Å². The molecule has 0 radical (unpaired) electrons. The fraction of sp³-hybridized carbons (Fsp3) is 0.333. The quantitative estimate of drug-likeness (QED) is 0.899. The summed E-state index contributed by atoms with van der Waals surface area (Å²) in [7, 11) is 0. The van der Waals surface area contributed by atoms with Crippen molar-refractivity contribution in [1.29, 1.82) is 0 Å². The average molecular weight is 342 g/mol. The maximum Gasteiger partial charge on any atom is 0.243 e. The van der Waals surface area contributed by atoms with Crippen molar-refractivity contribution < 1.29 is 9.18 Å². The van der Waals surface area contributed by atoms with Gasteiger partial charge in [-0.25, -0.2) is 9.37 Å². The normalized spacial score (nSPS) is 17.0. The molecular formula is C15H17ClFN3OS. The van der Waals surface area contributed by atoms with E-state index in [2.05, 4.69) is 15.6 Å². The van der Waals surface area contributed by atoms with Crippen molar-refractivity contribution in [3.63, 3.8) is 0 Å². The lowest BCUT2D eigenvalue weighted by Gasteiger charge is -2.08. The summed E-state index contributed by atoms with van der Waals surface area (Å²) >= 11 is 1.43. The third-order valence-electron chi connectivity index (χ3n) is 3.43. The predicted octanol–water partition coefficient (Wildman–Crippen LogP) is 2.99. The first-order valence-electron chi connectivity index (χ1n) is 6.94. The summed E-state index contributed by atoms with van der Waals surface area (Å²) in [5.41, 5.74) is 0.897. The van der Waals surface area contributed by atoms with Gasteiger partial charge in [0.2, 0.25) is 5.91 Å². The Morgan fingerprint density at radius 2 is 2.36 bits per heavy atom. The number of aromatic nitrogens is 1. The first-order chi connectivity index (χ1) is 10.2. The number of hydrogen-bond donors (Lipinski definition) is 2. The lowest BCUT2D eigenvalue weighted by atomic mass is 10.1. The number of thiazole rings is 1. The van der Waals surface area contributed by atoms with Crippen molar-refractivity contribution in [2.45, 2.75) is 25.3 Å². The van der Waals surface area contributed by atoms with Gasteiger partial charge in [0, 0.05) is 17.5 Å². The first-order valence-corrected chi connectivity index (χ1v) is 7.76. The van der Waals surface area contributed by atoms with E-state index >= 15 is 0 Å². The lowest BCUT2D eigenvalue weighted by molar-refractivity contribution is -0.117. The van der Waals surface area contributed by atoms with Crippen LogP contribution < -0.4 is 10.6 Å². The molecule has 0 bridgehead atoms. The van der Waals surface area contributed by atoms with Crippen molar-refractivity contribution in [3.05, 3.63) is 46.7 Å². The van der Waals surface area contributed by atoms with Crippen molar-refractivity contribution in [2.24, 2.45) is 0 Å². The molecule has 4 nitrogen and oxygen atoms in total. The van der Waals surface area contributed by atoms with Gasteiger partial charge in [-0.15, -0.1) is 23.7 Å². The van der Waals surface area contributed by atoms with Gasteiger partial charge in [0.05, 0.1) is 6.04 Å². The average Bonchev–Trinajstić information content (AvgIpc) is 3.10. The highest BCUT2D eigenvalue weighted by Crippen LogP contribution is 2.22. The van der Waals surface area contributed by atoms with Crippen LogP contribution in [-0.4, -0.2) is 23.5 Å². The summed E-state index contributed by atoms with van der Waals surface area (Å²) in [6, 6.07) is 6.40. The number of nitrogens with zero attached hydrogens (tertiary/aromatic N) is 1. The fourth-order valence-electron chi connectivity index (χ4n) is 2.40. The fourth-order valence-corrected chi connectivity index (χ4v) is 3.25. The van der Waals surface area contributed by atoms with Crippen molar-refractivity contribution in [2.75, 3.05) is 11.9 Å². The van der Waals surface area contributed by atoms with Gasteiger partial charge < -0.3 is 10.6 Å². The number of rotatable bonds is 4. The van der Waals surface area contributed by atoms with Crippen LogP contribution in [-0.2, 0) is 11.2 Å². The van der Waals surface area contributed by atoms with Gasteiger partial charge in [-0.05, 0) is 37.1 Å². The van der Waals surface area contributed by atoms with Crippen molar-refractivity contribution >= 4 is 34.8 Å². The molecular weight excluding hydrogens is 325 g/mol. The minimum absolute atomic E-state index is 0. The second kappa shape index (κ2) is 7.67. The molecule has 0 spiro atoms. The molecule has 0 aliphatic carbocycles. The van der Waals surface area contributed by atoms with Crippen LogP contribution >= 0.6 is 23.7 Å². The predicted molar refractivity (Wildman–Crippen MR) is 88.2 cm³/mol. The first kappa shape index (κ1) is 16.9. The Bertz CT molecular complexity index is 643. The summed E-state index contributed by atoms with van der Waals surface area (Å²) in [5, 5.41) is 6.58. The molecule has 22 heavy (non-hydrogen) atoms. The highest BCUT2D eigenvalue weighted by atomic mass is 35.5. The summed E-state index contributed by atoms with van der Waals surface area (Å²) in [6.07, 6.45) is 4.24. The Hall–Kier alpha value is -1.50. The van der Waals surface area contributed by atoms with E-state index in [-0.39, 0.29) is 30.2 Å². The zero-order valence-electron chi connectivity index (χ0n) is 11.8. The standard InChI is InChI=1S/C15H16FN3OS.ClH/c16-11-4-1-3-10(7-11)8-12-9-18-15(21-12)19-14(20)13-5-2-6-17-13;/h1,3-4,7,9,13,17H,2,5-6,8H2,(H,18,19,20);1H. The maximum atomic E-state index is 13.1. The number of halogens is 2. The number of nitrogens with one attached hydrogen (secondary N) is 2. The van der Waals surface area contributed by atoms with Gasteiger partial charge in [-0.1, -0.05) is 12.1 Å². The number of anilines is 1. The van der Waals surface area contributed by atoms with Crippen LogP contribution in [0.4, 0.5) is 9.52 Å². The van der Waals surface area contributed by atoms with E-state index in [1.807, 2.05) is 6.07 Å². The topological polar surface area (TPSA) is 54.0 Å². The molecule has 0 saturated carbocycles. The zero-order chi connectivity index (χ0) is 14.7. The zero-order valence-corrected chi connectivity index (χ0v) is 13.5. The minimum atomic E-state index is -0.238. The molecule has 2 aromatic rings. The molecule has 118 valence electrons. The third kappa shape index (κ3) is 4.25. The molecule has 3 rings (SSSR count). The van der Waals surface area contributed by atoms with E-state index in [4.69, 9.17) is 0 Å². The van der Waals surface area contributed by atoms with Crippen LogP contribution in [0.5, 0.6) is 0 Å². The molecule has 7 heteroatoms. The van der Waals surface area contributed by atoms with E-state index in [1.165, 1.54) is 23.5 Å². The van der Waals surface area contributed by atoms with Crippen molar-refractivity contribution in [3.8, 4) is 0 Å². The van der Waals surface area contributed by atoms with E-state index in [1.54, 1.807) is 12.3 Å². The number of benzene rings is 1. The van der Waals surface area contributed by atoms with Crippen LogP contribution in [0.2, 0.25) is 0 Å². The van der Waals surface area contributed by atoms with Gasteiger partial charge in [-0.3, -0.25) is 4.79 Å². The van der Waals surface area contributed by atoms with Gasteiger partial charge in [0.15, 0.2) is 5.13 Å². The Balaban J connectivity index is 0.00000176. The van der Waals surface area contributed by atoms with E-state index in [9.17, 15) is 9.18 Å². The summed E-state index contributed by atoms with van der Waals surface area (Å²) in [5.74, 6) is -0.267. The molecule has 1 atom stereocenters. The van der Waals surface area contributed by atoms with Crippen molar-refractivity contribution in [1.82, 2.24) is 10.3 Å². The molecule has 1 aliphatic heterocycles. The molecule has 1 fully saturated rings. The highest BCUT2D eigenvalue weighted by Gasteiger charge is 2.22. The molecule has 1 unspecified atom stereocenters. The lowest BCUT2D eigenvalue weighted by Crippen LogP contribution is -2.35. The van der Waals surface area contributed by atoms with Gasteiger partial charge in [-0.2, -0.15) is 0 Å². The molecule has 1 saturated heterocycles. The maximum absolute atomic E-state index is 13.1. The Kier molecular flexibility index (Phi) is 5.88. The number of amides is 1. The largest absolute Gasteiger partial charge is 0.306 e. The monoisotopic (exact) mass is 341 g/mol.